The number of carboxylic acid groups (broad SMARTS) is 1. The van der Waals surface area contributed by atoms with Gasteiger partial charge in [0.15, 0.2) is 0 Å². The number of aliphatic carboxylic acids is 1. The molecule has 0 spiro atoms. The summed E-state index contributed by atoms with van der Waals surface area (Å²) in [5, 5.41) is 15.1. The highest BCUT2D eigenvalue weighted by Gasteiger charge is 2.40. The van der Waals surface area contributed by atoms with Crippen molar-refractivity contribution in [2.24, 2.45) is 5.92 Å². The number of rotatable bonds is 5. The SMILES string of the molecule is O=C(NCC(=O)N1CC(C(=O)O)C(c2ccccc2)C1)NC1CCCCC1. The maximum atomic E-state index is 12.5. The van der Waals surface area contributed by atoms with E-state index in [0.29, 0.717) is 6.54 Å². The van der Waals surface area contributed by atoms with Crippen LogP contribution in [0.25, 0.3) is 0 Å². The van der Waals surface area contributed by atoms with Crippen LogP contribution in [-0.4, -0.2) is 53.6 Å². The molecule has 3 N–H and O–H groups in total. The van der Waals surface area contributed by atoms with Crippen LogP contribution in [0.15, 0.2) is 30.3 Å². The second-order valence-corrected chi connectivity index (χ2v) is 7.42. The van der Waals surface area contributed by atoms with Crippen molar-refractivity contribution in [1.82, 2.24) is 15.5 Å². The number of nitrogens with zero attached hydrogens (tertiary/aromatic N) is 1. The van der Waals surface area contributed by atoms with E-state index in [4.69, 9.17) is 0 Å². The second kappa shape index (κ2) is 8.88. The van der Waals surface area contributed by atoms with E-state index >= 15 is 0 Å². The van der Waals surface area contributed by atoms with Crippen molar-refractivity contribution in [3.63, 3.8) is 0 Å². The molecule has 1 aromatic carbocycles. The van der Waals surface area contributed by atoms with Gasteiger partial charge >= 0.3 is 12.0 Å². The zero-order chi connectivity index (χ0) is 19.2. The zero-order valence-corrected chi connectivity index (χ0v) is 15.4. The minimum atomic E-state index is -0.901. The van der Waals surface area contributed by atoms with Crippen LogP contribution in [0.3, 0.4) is 0 Å². The summed E-state index contributed by atoms with van der Waals surface area (Å²) in [6, 6.07) is 9.26. The third-order valence-corrected chi connectivity index (χ3v) is 5.56. The summed E-state index contributed by atoms with van der Waals surface area (Å²) in [4.78, 5) is 37.6. The predicted molar refractivity (Wildman–Crippen MR) is 100 cm³/mol. The average Bonchev–Trinajstić information content (AvgIpc) is 3.13. The lowest BCUT2D eigenvalue weighted by Gasteiger charge is -2.23. The fourth-order valence-corrected chi connectivity index (χ4v) is 4.05. The number of hydrogen-bond acceptors (Lipinski definition) is 3. The van der Waals surface area contributed by atoms with Crippen molar-refractivity contribution in [3.8, 4) is 0 Å². The highest BCUT2D eigenvalue weighted by molar-refractivity contribution is 5.85. The van der Waals surface area contributed by atoms with Crippen molar-refractivity contribution in [2.75, 3.05) is 19.6 Å². The predicted octanol–water partition coefficient (Wildman–Crippen LogP) is 1.95. The number of hydrogen-bond donors (Lipinski definition) is 3. The summed E-state index contributed by atoms with van der Waals surface area (Å²) < 4.78 is 0. The van der Waals surface area contributed by atoms with Gasteiger partial charge in [-0.15, -0.1) is 0 Å². The first kappa shape index (κ1) is 19.2. The van der Waals surface area contributed by atoms with Gasteiger partial charge in [-0.3, -0.25) is 9.59 Å². The topological polar surface area (TPSA) is 98.7 Å². The van der Waals surface area contributed by atoms with Crippen molar-refractivity contribution < 1.29 is 19.5 Å². The molecule has 1 aliphatic heterocycles. The molecule has 0 bridgehead atoms. The molecule has 146 valence electrons. The van der Waals surface area contributed by atoms with Gasteiger partial charge in [-0.25, -0.2) is 4.79 Å². The number of benzene rings is 1. The Morgan fingerprint density at radius 3 is 2.41 bits per heavy atom. The third kappa shape index (κ3) is 4.99. The molecule has 3 amide bonds. The molecule has 2 fully saturated rings. The molecule has 1 saturated carbocycles. The summed E-state index contributed by atoms with van der Waals surface area (Å²) in [5.74, 6) is -2.02. The smallest absolute Gasteiger partial charge is 0.315 e. The first-order valence-electron chi connectivity index (χ1n) is 9.64. The maximum absolute atomic E-state index is 12.5. The molecule has 1 saturated heterocycles. The monoisotopic (exact) mass is 373 g/mol. The maximum Gasteiger partial charge on any atom is 0.315 e. The van der Waals surface area contributed by atoms with Crippen LogP contribution in [0, 0.1) is 5.92 Å². The molecule has 3 rings (SSSR count). The molecule has 7 nitrogen and oxygen atoms in total. The van der Waals surface area contributed by atoms with Gasteiger partial charge in [0.1, 0.15) is 0 Å². The number of carbonyl (C=O) groups is 3. The molecule has 2 atom stereocenters. The standard InChI is InChI=1S/C20H27N3O4/c24-18(11-21-20(27)22-15-9-5-2-6-10-15)23-12-16(17(13-23)19(25)26)14-7-3-1-4-8-14/h1,3-4,7-8,15-17H,2,5-6,9-13H2,(H,25,26)(H2,21,22,27). The van der Waals surface area contributed by atoms with Gasteiger partial charge in [0.2, 0.25) is 5.91 Å². The van der Waals surface area contributed by atoms with Crippen LogP contribution in [0.4, 0.5) is 4.79 Å². The highest BCUT2D eigenvalue weighted by Crippen LogP contribution is 2.32. The Hall–Kier alpha value is -2.57. The molecule has 1 aliphatic carbocycles. The molecule has 0 radical (unpaired) electrons. The fraction of sp³-hybridized carbons (Fsp3) is 0.550. The molecular formula is C20H27N3O4. The minimum Gasteiger partial charge on any atom is -0.481 e. The Bertz CT molecular complexity index is 673. The zero-order valence-electron chi connectivity index (χ0n) is 15.4. The minimum absolute atomic E-state index is 0.119. The third-order valence-electron chi connectivity index (χ3n) is 5.56. The van der Waals surface area contributed by atoms with Crippen LogP contribution >= 0.6 is 0 Å². The molecule has 0 aromatic heterocycles. The lowest BCUT2D eigenvalue weighted by molar-refractivity contribution is -0.141. The van der Waals surface area contributed by atoms with E-state index in [9.17, 15) is 19.5 Å². The quantitative estimate of drug-likeness (QED) is 0.735. The molecule has 7 heteroatoms. The van der Waals surface area contributed by atoms with Gasteiger partial charge in [0, 0.05) is 25.0 Å². The van der Waals surface area contributed by atoms with E-state index in [0.717, 1.165) is 31.2 Å². The van der Waals surface area contributed by atoms with E-state index in [2.05, 4.69) is 10.6 Å². The van der Waals surface area contributed by atoms with Crippen molar-refractivity contribution in [2.45, 2.75) is 44.1 Å². The van der Waals surface area contributed by atoms with Gasteiger partial charge in [0.05, 0.1) is 12.5 Å². The van der Waals surface area contributed by atoms with Crippen LogP contribution < -0.4 is 10.6 Å². The van der Waals surface area contributed by atoms with Crippen LogP contribution in [-0.2, 0) is 9.59 Å². The average molecular weight is 373 g/mol. The van der Waals surface area contributed by atoms with Crippen molar-refractivity contribution in [3.05, 3.63) is 35.9 Å². The first-order chi connectivity index (χ1) is 13.0. The van der Waals surface area contributed by atoms with E-state index in [1.165, 1.54) is 11.3 Å². The molecule has 27 heavy (non-hydrogen) atoms. The lowest BCUT2D eigenvalue weighted by atomic mass is 9.89. The van der Waals surface area contributed by atoms with Gasteiger partial charge in [-0.2, -0.15) is 0 Å². The Morgan fingerprint density at radius 1 is 1.04 bits per heavy atom. The van der Waals surface area contributed by atoms with E-state index < -0.39 is 11.9 Å². The van der Waals surface area contributed by atoms with E-state index in [1.807, 2.05) is 30.3 Å². The Labute approximate surface area is 159 Å². The number of carbonyl (C=O) groups excluding carboxylic acids is 2. The normalized spacial score (nSPS) is 23.0. The van der Waals surface area contributed by atoms with Gasteiger partial charge < -0.3 is 20.6 Å². The summed E-state index contributed by atoms with van der Waals surface area (Å²) in [6.07, 6.45) is 5.41. The molecule has 1 aromatic rings. The van der Waals surface area contributed by atoms with Crippen LogP contribution in [0.5, 0.6) is 0 Å². The van der Waals surface area contributed by atoms with Crippen LogP contribution in [0.1, 0.15) is 43.6 Å². The Kier molecular flexibility index (Phi) is 6.32. The van der Waals surface area contributed by atoms with E-state index in [1.54, 1.807) is 0 Å². The Morgan fingerprint density at radius 2 is 1.74 bits per heavy atom. The largest absolute Gasteiger partial charge is 0.481 e. The van der Waals surface area contributed by atoms with E-state index in [-0.39, 0.29) is 37.0 Å². The number of likely N-dealkylation sites (tertiary alicyclic amines) is 1. The molecule has 1 heterocycles. The number of nitrogens with one attached hydrogen (secondary N) is 2. The summed E-state index contributed by atoms with van der Waals surface area (Å²) in [7, 11) is 0. The molecular weight excluding hydrogens is 346 g/mol. The Balaban J connectivity index is 1.52. The first-order valence-corrected chi connectivity index (χ1v) is 9.64. The lowest BCUT2D eigenvalue weighted by Crippen LogP contribution is -2.46. The highest BCUT2D eigenvalue weighted by atomic mass is 16.4. The van der Waals surface area contributed by atoms with Gasteiger partial charge in [-0.1, -0.05) is 49.6 Å². The summed E-state index contributed by atoms with van der Waals surface area (Å²) in [5.41, 5.74) is 0.920. The fourth-order valence-electron chi connectivity index (χ4n) is 4.05. The van der Waals surface area contributed by atoms with Crippen molar-refractivity contribution >= 4 is 17.9 Å². The summed E-state index contributed by atoms with van der Waals surface area (Å²) in [6.45, 7) is 0.401. The van der Waals surface area contributed by atoms with Gasteiger partial charge in [-0.05, 0) is 18.4 Å². The second-order valence-electron chi connectivity index (χ2n) is 7.42. The number of carboxylic acids is 1. The number of amides is 3. The number of urea groups is 1. The summed E-state index contributed by atoms with van der Waals surface area (Å²) >= 11 is 0. The molecule has 2 unspecified atom stereocenters. The van der Waals surface area contributed by atoms with Crippen LogP contribution in [0.2, 0.25) is 0 Å². The molecule has 2 aliphatic rings. The van der Waals surface area contributed by atoms with Gasteiger partial charge in [0.25, 0.3) is 0 Å². The van der Waals surface area contributed by atoms with Crippen molar-refractivity contribution in [1.29, 1.82) is 0 Å².